The standard InChI is InChI=1S/C9H10N4O2/c10-4-9(8(11)15)2-1-6-5(3-9)7(14)13-12-6/h5H,1-3H2,(H2,11,15)(H,13,14). The van der Waals surface area contributed by atoms with Gasteiger partial charge < -0.3 is 5.73 Å². The molecule has 1 fully saturated rings. The number of fused-ring (bicyclic) bond motifs is 1. The van der Waals surface area contributed by atoms with Crippen LogP contribution < -0.4 is 11.2 Å². The molecule has 1 aliphatic heterocycles. The molecule has 15 heavy (non-hydrogen) atoms. The van der Waals surface area contributed by atoms with Gasteiger partial charge in [0.15, 0.2) is 0 Å². The van der Waals surface area contributed by atoms with Crippen LogP contribution in [0.1, 0.15) is 19.3 Å². The molecule has 78 valence electrons. The molecule has 1 saturated carbocycles. The fraction of sp³-hybridized carbons (Fsp3) is 0.556. The number of hydrogen-bond acceptors (Lipinski definition) is 4. The van der Waals surface area contributed by atoms with Crippen LogP contribution in [0.2, 0.25) is 0 Å². The average Bonchev–Trinajstić information content (AvgIpc) is 2.59. The van der Waals surface area contributed by atoms with E-state index in [2.05, 4.69) is 10.5 Å². The molecule has 3 N–H and O–H groups in total. The number of carbonyl (C=O) groups is 2. The largest absolute Gasteiger partial charge is 0.368 e. The maximum Gasteiger partial charge on any atom is 0.248 e. The Labute approximate surface area is 86.1 Å². The van der Waals surface area contributed by atoms with Gasteiger partial charge in [-0.3, -0.25) is 9.59 Å². The molecule has 2 unspecified atom stereocenters. The lowest BCUT2D eigenvalue weighted by Gasteiger charge is -2.30. The molecule has 0 spiro atoms. The first-order valence-corrected chi connectivity index (χ1v) is 4.66. The molecular weight excluding hydrogens is 196 g/mol. The Hall–Kier alpha value is -1.90. The molecule has 2 rings (SSSR count). The van der Waals surface area contributed by atoms with Gasteiger partial charge in [-0.15, -0.1) is 0 Å². The Kier molecular flexibility index (Phi) is 1.96. The smallest absolute Gasteiger partial charge is 0.248 e. The molecule has 0 aromatic heterocycles. The van der Waals surface area contributed by atoms with E-state index >= 15 is 0 Å². The SMILES string of the molecule is N#CC1(C(N)=O)CCC2=NNC(=O)C2C1. The van der Waals surface area contributed by atoms with Crippen LogP contribution in [-0.2, 0) is 9.59 Å². The van der Waals surface area contributed by atoms with Gasteiger partial charge in [0, 0.05) is 0 Å². The van der Waals surface area contributed by atoms with Crippen molar-refractivity contribution < 1.29 is 9.59 Å². The van der Waals surface area contributed by atoms with Gasteiger partial charge in [-0.05, 0) is 19.3 Å². The fourth-order valence-electron chi connectivity index (χ4n) is 2.05. The van der Waals surface area contributed by atoms with Crippen molar-refractivity contribution in [2.24, 2.45) is 22.2 Å². The number of nitrogens with one attached hydrogen (secondary N) is 1. The van der Waals surface area contributed by atoms with Crippen molar-refractivity contribution in [3.05, 3.63) is 0 Å². The van der Waals surface area contributed by atoms with Crippen LogP contribution in [0.4, 0.5) is 0 Å². The summed E-state index contributed by atoms with van der Waals surface area (Å²) in [5.41, 5.74) is 7.08. The molecule has 6 nitrogen and oxygen atoms in total. The molecule has 2 amide bonds. The number of hydrogen-bond donors (Lipinski definition) is 2. The molecule has 1 heterocycles. The lowest BCUT2D eigenvalue weighted by Crippen LogP contribution is -2.44. The summed E-state index contributed by atoms with van der Waals surface area (Å²) in [6, 6.07) is 1.94. The lowest BCUT2D eigenvalue weighted by molar-refractivity contribution is -0.127. The highest BCUT2D eigenvalue weighted by atomic mass is 16.2. The van der Waals surface area contributed by atoms with Crippen molar-refractivity contribution in [3.8, 4) is 6.07 Å². The van der Waals surface area contributed by atoms with Gasteiger partial charge in [-0.2, -0.15) is 10.4 Å². The van der Waals surface area contributed by atoms with Crippen molar-refractivity contribution >= 4 is 17.5 Å². The zero-order valence-electron chi connectivity index (χ0n) is 7.99. The van der Waals surface area contributed by atoms with Crippen molar-refractivity contribution in [1.29, 1.82) is 5.26 Å². The zero-order valence-corrected chi connectivity index (χ0v) is 7.99. The highest BCUT2D eigenvalue weighted by molar-refractivity contribution is 6.09. The van der Waals surface area contributed by atoms with Crippen LogP contribution in [-0.4, -0.2) is 17.5 Å². The minimum Gasteiger partial charge on any atom is -0.368 e. The molecule has 0 radical (unpaired) electrons. The quantitative estimate of drug-likeness (QED) is 0.590. The van der Waals surface area contributed by atoms with Crippen LogP contribution >= 0.6 is 0 Å². The van der Waals surface area contributed by atoms with Crippen molar-refractivity contribution in [3.63, 3.8) is 0 Å². The molecule has 1 aliphatic carbocycles. The van der Waals surface area contributed by atoms with E-state index in [1.165, 1.54) is 0 Å². The molecule has 6 heteroatoms. The summed E-state index contributed by atoms with van der Waals surface area (Å²) in [5.74, 6) is -1.35. The van der Waals surface area contributed by atoms with Gasteiger partial charge in [-0.25, -0.2) is 5.43 Å². The first kappa shape index (κ1) is 9.65. The van der Waals surface area contributed by atoms with Crippen LogP contribution in [0, 0.1) is 22.7 Å². The number of primary amides is 1. The number of nitriles is 1. The molecular formula is C9H10N4O2. The second-order valence-electron chi connectivity index (χ2n) is 3.89. The summed E-state index contributed by atoms with van der Waals surface area (Å²) in [5, 5.41) is 12.8. The predicted molar refractivity (Wildman–Crippen MR) is 50.2 cm³/mol. The minimum atomic E-state index is -1.20. The first-order chi connectivity index (χ1) is 7.09. The highest BCUT2D eigenvalue weighted by Crippen LogP contribution is 2.38. The van der Waals surface area contributed by atoms with Gasteiger partial charge in [0.1, 0.15) is 5.41 Å². The maximum absolute atomic E-state index is 11.3. The number of amides is 2. The monoisotopic (exact) mass is 206 g/mol. The molecule has 0 saturated heterocycles. The Morgan fingerprint density at radius 2 is 2.47 bits per heavy atom. The third kappa shape index (κ3) is 1.28. The third-order valence-electron chi connectivity index (χ3n) is 3.07. The second kappa shape index (κ2) is 3.05. The Bertz CT molecular complexity index is 409. The number of hydrazone groups is 1. The molecule has 2 aliphatic rings. The minimum absolute atomic E-state index is 0.156. The van der Waals surface area contributed by atoms with Gasteiger partial charge in [-0.1, -0.05) is 0 Å². The van der Waals surface area contributed by atoms with Crippen molar-refractivity contribution in [2.75, 3.05) is 0 Å². The van der Waals surface area contributed by atoms with E-state index in [0.29, 0.717) is 12.8 Å². The van der Waals surface area contributed by atoms with Gasteiger partial charge in [0.05, 0.1) is 17.7 Å². The number of nitrogens with two attached hydrogens (primary N) is 1. The summed E-state index contributed by atoms with van der Waals surface area (Å²) in [7, 11) is 0. The van der Waals surface area contributed by atoms with Gasteiger partial charge >= 0.3 is 0 Å². The summed E-state index contributed by atoms with van der Waals surface area (Å²) >= 11 is 0. The van der Waals surface area contributed by atoms with E-state index in [4.69, 9.17) is 11.0 Å². The molecule has 0 aromatic carbocycles. The van der Waals surface area contributed by atoms with Crippen molar-refractivity contribution in [2.45, 2.75) is 19.3 Å². The van der Waals surface area contributed by atoms with E-state index in [-0.39, 0.29) is 12.3 Å². The van der Waals surface area contributed by atoms with E-state index < -0.39 is 17.2 Å². The van der Waals surface area contributed by atoms with Gasteiger partial charge in [0.25, 0.3) is 0 Å². The lowest BCUT2D eigenvalue weighted by atomic mass is 9.69. The van der Waals surface area contributed by atoms with Crippen molar-refractivity contribution in [1.82, 2.24) is 5.43 Å². The molecule has 0 aromatic rings. The molecule has 2 atom stereocenters. The molecule has 0 bridgehead atoms. The Morgan fingerprint density at radius 3 is 3.07 bits per heavy atom. The first-order valence-electron chi connectivity index (χ1n) is 4.66. The Balaban J connectivity index is 2.29. The summed E-state index contributed by atoms with van der Waals surface area (Å²) in [4.78, 5) is 22.6. The van der Waals surface area contributed by atoms with E-state index in [9.17, 15) is 9.59 Å². The highest BCUT2D eigenvalue weighted by Gasteiger charge is 2.48. The maximum atomic E-state index is 11.3. The average molecular weight is 206 g/mol. The van der Waals surface area contributed by atoms with Crippen LogP contribution in [0.15, 0.2) is 5.10 Å². The Morgan fingerprint density at radius 1 is 1.73 bits per heavy atom. The van der Waals surface area contributed by atoms with Crippen LogP contribution in [0.3, 0.4) is 0 Å². The topological polar surface area (TPSA) is 108 Å². The van der Waals surface area contributed by atoms with Crippen LogP contribution in [0.5, 0.6) is 0 Å². The summed E-state index contributed by atoms with van der Waals surface area (Å²) < 4.78 is 0. The summed E-state index contributed by atoms with van der Waals surface area (Å²) in [6.45, 7) is 0. The second-order valence-corrected chi connectivity index (χ2v) is 3.89. The number of nitrogens with zero attached hydrogens (tertiary/aromatic N) is 2. The van der Waals surface area contributed by atoms with E-state index in [1.807, 2.05) is 6.07 Å². The fourth-order valence-corrected chi connectivity index (χ4v) is 2.05. The zero-order chi connectivity index (χ0) is 11.1. The van der Waals surface area contributed by atoms with E-state index in [1.54, 1.807) is 0 Å². The summed E-state index contributed by atoms with van der Waals surface area (Å²) in [6.07, 6.45) is 0.979. The number of rotatable bonds is 1. The van der Waals surface area contributed by atoms with Gasteiger partial charge in [0.2, 0.25) is 11.8 Å². The van der Waals surface area contributed by atoms with E-state index in [0.717, 1.165) is 5.71 Å². The normalized spacial score (nSPS) is 33.7. The predicted octanol–water partition coefficient (Wildman–Crippen LogP) is -0.732. The third-order valence-corrected chi connectivity index (χ3v) is 3.07. The van der Waals surface area contributed by atoms with Crippen LogP contribution in [0.25, 0.3) is 0 Å². The number of carbonyl (C=O) groups excluding carboxylic acids is 2.